The Balaban J connectivity index is 2.01. The lowest BCUT2D eigenvalue weighted by Gasteiger charge is -2.31. The van der Waals surface area contributed by atoms with Gasteiger partial charge in [-0.15, -0.1) is 0 Å². The van der Waals surface area contributed by atoms with Crippen LogP contribution in [0.2, 0.25) is 0 Å². The second kappa shape index (κ2) is 6.58. The molecule has 0 saturated carbocycles. The predicted octanol–water partition coefficient (Wildman–Crippen LogP) is 0.985. The van der Waals surface area contributed by atoms with Gasteiger partial charge in [0.2, 0.25) is 0 Å². The van der Waals surface area contributed by atoms with E-state index in [4.69, 9.17) is 4.74 Å². The maximum absolute atomic E-state index is 12.2. The zero-order chi connectivity index (χ0) is 13.7. The second-order valence-corrected chi connectivity index (χ2v) is 5.30. The van der Waals surface area contributed by atoms with E-state index in [2.05, 4.69) is 11.8 Å². The van der Waals surface area contributed by atoms with Gasteiger partial charge in [-0.25, -0.2) is 0 Å². The van der Waals surface area contributed by atoms with Gasteiger partial charge in [0, 0.05) is 32.4 Å². The maximum Gasteiger partial charge on any atom is 0.266 e. The minimum atomic E-state index is -0.163. The van der Waals surface area contributed by atoms with Crippen LogP contribution in [0.1, 0.15) is 19.8 Å². The average molecular weight is 263 g/mol. The van der Waals surface area contributed by atoms with E-state index in [-0.39, 0.29) is 11.5 Å². The van der Waals surface area contributed by atoms with E-state index < -0.39 is 0 Å². The Bertz CT molecular complexity index is 394. The first-order chi connectivity index (χ1) is 9.20. The molecule has 2 rings (SSSR count). The number of rotatable bonds is 2. The summed E-state index contributed by atoms with van der Waals surface area (Å²) in [5.41, 5.74) is 0.246. The summed E-state index contributed by atoms with van der Waals surface area (Å²) in [6, 6.07) is 2.05. The maximum atomic E-state index is 12.2. The van der Waals surface area contributed by atoms with Gasteiger partial charge in [0.1, 0.15) is 11.6 Å². The Morgan fingerprint density at radius 3 is 2.74 bits per heavy atom. The first-order valence-electron chi connectivity index (χ1n) is 6.93. The summed E-state index contributed by atoms with van der Waals surface area (Å²) in [6.07, 6.45) is 4.10. The fraction of sp³-hybridized carbons (Fsp3) is 0.714. The number of hydrogen-bond acceptors (Lipinski definition) is 4. The monoisotopic (exact) mass is 263 g/mol. The van der Waals surface area contributed by atoms with Crippen molar-refractivity contribution in [2.75, 3.05) is 39.4 Å². The highest BCUT2D eigenvalue weighted by Crippen LogP contribution is 2.17. The second-order valence-electron chi connectivity index (χ2n) is 5.30. The third kappa shape index (κ3) is 3.71. The molecule has 2 fully saturated rings. The molecule has 0 bridgehead atoms. The van der Waals surface area contributed by atoms with Crippen LogP contribution in [0.3, 0.4) is 0 Å². The van der Waals surface area contributed by atoms with Crippen LogP contribution < -0.4 is 0 Å². The molecule has 5 nitrogen and oxygen atoms in total. The number of hydrogen-bond donors (Lipinski definition) is 0. The van der Waals surface area contributed by atoms with Crippen LogP contribution in [-0.4, -0.2) is 55.1 Å². The highest BCUT2D eigenvalue weighted by Gasteiger charge is 2.22. The van der Waals surface area contributed by atoms with E-state index in [1.54, 1.807) is 11.1 Å². The van der Waals surface area contributed by atoms with Crippen molar-refractivity contribution in [2.45, 2.75) is 19.8 Å². The lowest BCUT2D eigenvalue weighted by Crippen LogP contribution is -2.41. The Morgan fingerprint density at radius 2 is 2.11 bits per heavy atom. The molecule has 0 aromatic carbocycles. The highest BCUT2D eigenvalue weighted by atomic mass is 16.5. The molecule has 0 aromatic heterocycles. The lowest BCUT2D eigenvalue weighted by atomic mass is 10.0. The van der Waals surface area contributed by atoms with Gasteiger partial charge in [0.05, 0.1) is 13.2 Å². The zero-order valence-electron chi connectivity index (χ0n) is 11.5. The molecule has 5 heteroatoms. The largest absolute Gasteiger partial charge is 0.378 e. The molecule has 0 radical (unpaired) electrons. The number of carbonyl (C=O) groups is 1. The number of ether oxygens (including phenoxy) is 1. The molecular formula is C14H21N3O2. The van der Waals surface area contributed by atoms with Crippen LogP contribution in [0, 0.1) is 17.2 Å². The number of piperidine rings is 1. The lowest BCUT2D eigenvalue weighted by molar-refractivity contribution is -0.130. The van der Waals surface area contributed by atoms with Crippen molar-refractivity contribution in [3.05, 3.63) is 11.8 Å². The molecule has 0 spiro atoms. The molecule has 0 aromatic rings. The third-order valence-corrected chi connectivity index (χ3v) is 3.65. The number of likely N-dealkylation sites (tertiary alicyclic amines) is 1. The van der Waals surface area contributed by atoms with Gasteiger partial charge < -0.3 is 14.5 Å². The molecule has 0 aliphatic carbocycles. The fourth-order valence-corrected chi connectivity index (χ4v) is 2.59. The molecule has 2 aliphatic heterocycles. The van der Waals surface area contributed by atoms with E-state index in [9.17, 15) is 10.1 Å². The number of morpholine rings is 1. The molecule has 2 heterocycles. The quantitative estimate of drug-likeness (QED) is 0.550. The Labute approximate surface area is 114 Å². The predicted molar refractivity (Wildman–Crippen MR) is 71.1 cm³/mol. The molecule has 1 atom stereocenters. The molecule has 104 valence electrons. The smallest absolute Gasteiger partial charge is 0.266 e. The summed E-state index contributed by atoms with van der Waals surface area (Å²) in [5, 5.41) is 9.20. The van der Waals surface area contributed by atoms with Crippen molar-refractivity contribution >= 4 is 5.91 Å². The van der Waals surface area contributed by atoms with Crippen LogP contribution in [0.5, 0.6) is 0 Å². The van der Waals surface area contributed by atoms with Crippen molar-refractivity contribution in [2.24, 2.45) is 5.92 Å². The standard InChI is InChI=1S/C14H21N3O2/c1-12-3-2-4-16(10-12)11-13(9-15)14(18)17-5-7-19-8-6-17/h11-12H,2-8,10H2,1H3/b13-11-. The first kappa shape index (κ1) is 13.9. The molecule has 0 N–H and O–H groups in total. The van der Waals surface area contributed by atoms with Crippen LogP contribution in [0.15, 0.2) is 11.8 Å². The number of nitrogens with zero attached hydrogens (tertiary/aromatic N) is 3. The van der Waals surface area contributed by atoms with E-state index in [0.717, 1.165) is 19.5 Å². The van der Waals surface area contributed by atoms with Gasteiger partial charge in [0.25, 0.3) is 5.91 Å². The SMILES string of the molecule is CC1CCCN(/C=C(/C#N)C(=O)N2CCOCC2)C1. The van der Waals surface area contributed by atoms with Crippen LogP contribution in [-0.2, 0) is 9.53 Å². The molecule has 19 heavy (non-hydrogen) atoms. The number of amides is 1. The average Bonchev–Trinajstić information content (AvgIpc) is 2.45. The molecule has 2 saturated heterocycles. The third-order valence-electron chi connectivity index (χ3n) is 3.65. The van der Waals surface area contributed by atoms with Crippen molar-refractivity contribution in [3.63, 3.8) is 0 Å². The summed E-state index contributed by atoms with van der Waals surface area (Å²) in [6.45, 7) is 6.35. The van der Waals surface area contributed by atoms with Crippen LogP contribution in [0.4, 0.5) is 0 Å². The van der Waals surface area contributed by atoms with Crippen molar-refractivity contribution in [1.29, 1.82) is 5.26 Å². The topological polar surface area (TPSA) is 56.6 Å². The Hall–Kier alpha value is -1.54. The van der Waals surface area contributed by atoms with Crippen LogP contribution in [0.25, 0.3) is 0 Å². The van der Waals surface area contributed by atoms with Gasteiger partial charge >= 0.3 is 0 Å². The first-order valence-corrected chi connectivity index (χ1v) is 6.93. The van der Waals surface area contributed by atoms with Gasteiger partial charge in [-0.1, -0.05) is 6.92 Å². The van der Waals surface area contributed by atoms with Crippen molar-refractivity contribution in [3.8, 4) is 6.07 Å². The van der Waals surface area contributed by atoms with Gasteiger partial charge in [0.15, 0.2) is 0 Å². The zero-order valence-corrected chi connectivity index (χ0v) is 11.5. The van der Waals surface area contributed by atoms with E-state index in [0.29, 0.717) is 32.2 Å². The minimum absolute atomic E-state index is 0.163. The molecule has 1 amide bonds. The summed E-state index contributed by atoms with van der Waals surface area (Å²) in [7, 11) is 0. The van der Waals surface area contributed by atoms with Gasteiger partial charge in [-0.3, -0.25) is 4.79 Å². The van der Waals surface area contributed by atoms with Gasteiger partial charge in [-0.2, -0.15) is 5.26 Å². The normalized spacial score (nSPS) is 25.1. The van der Waals surface area contributed by atoms with E-state index >= 15 is 0 Å². The summed E-state index contributed by atoms with van der Waals surface area (Å²) in [5.74, 6) is 0.465. The summed E-state index contributed by atoms with van der Waals surface area (Å²) < 4.78 is 5.22. The van der Waals surface area contributed by atoms with E-state index in [1.807, 2.05) is 6.07 Å². The Morgan fingerprint density at radius 1 is 1.37 bits per heavy atom. The van der Waals surface area contributed by atoms with Crippen molar-refractivity contribution < 1.29 is 9.53 Å². The summed E-state index contributed by atoms with van der Waals surface area (Å²) >= 11 is 0. The van der Waals surface area contributed by atoms with Crippen LogP contribution >= 0.6 is 0 Å². The minimum Gasteiger partial charge on any atom is -0.378 e. The summed E-state index contributed by atoms with van der Waals surface area (Å²) in [4.78, 5) is 16.0. The molecule has 2 aliphatic rings. The molecule has 1 unspecified atom stereocenters. The number of carbonyl (C=O) groups excluding carboxylic acids is 1. The van der Waals surface area contributed by atoms with Gasteiger partial charge in [-0.05, 0) is 18.8 Å². The van der Waals surface area contributed by atoms with Crippen molar-refractivity contribution in [1.82, 2.24) is 9.80 Å². The fourth-order valence-electron chi connectivity index (χ4n) is 2.59. The highest BCUT2D eigenvalue weighted by molar-refractivity contribution is 5.97. The molecular weight excluding hydrogens is 242 g/mol. The number of nitriles is 1. The van der Waals surface area contributed by atoms with E-state index in [1.165, 1.54) is 6.42 Å². The Kier molecular flexibility index (Phi) is 4.80.